The highest BCUT2D eigenvalue weighted by atomic mass is 32.1. The van der Waals surface area contributed by atoms with Crippen LogP contribution in [-0.2, 0) is 11.2 Å². The second kappa shape index (κ2) is 5.78. The minimum Gasteiger partial charge on any atom is -0.324 e. The van der Waals surface area contributed by atoms with Crippen LogP contribution in [0.4, 0.5) is 10.1 Å². The Morgan fingerprint density at radius 1 is 1.39 bits per heavy atom. The minimum absolute atomic E-state index is 0.161. The van der Waals surface area contributed by atoms with Gasteiger partial charge in [-0.2, -0.15) is 0 Å². The summed E-state index contributed by atoms with van der Waals surface area (Å²) in [5.74, 6) is -0.550. The molecule has 1 heterocycles. The largest absolute Gasteiger partial charge is 0.324 e. The van der Waals surface area contributed by atoms with Gasteiger partial charge in [0.1, 0.15) is 5.82 Å². The molecule has 1 amide bonds. The fraction of sp³-hybridized carbons (Fsp3) is 0.214. The van der Waals surface area contributed by atoms with Gasteiger partial charge in [0.25, 0.3) is 0 Å². The quantitative estimate of drug-likeness (QED) is 0.894. The maximum Gasteiger partial charge on any atom is 0.224 e. The van der Waals surface area contributed by atoms with Crippen LogP contribution in [0.3, 0.4) is 0 Å². The molecule has 4 heteroatoms. The zero-order valence-electron chi connectivity index (χ0n) is 10.1. The second-order valence-electron chi connectivity index (χ2n) is 4.11. The third-order valence-electron chi connectivity index (χ3n) is 2.58. The maximum absolute atomic E-state index is 13.5. The molecule has 2 nitrogen and oxygen atoms in total. The highest BCUT2D eigenvalue weighted by Gasteiger charge is 2.07. The van der Waals surface area contributed by atoms with Crippen molar-refractivity contribution in [2.24, 2.45) is 0 Å². The lowest BCUT2D eigenvalue weighted by Gasteiger charge is -2.06. The fourth-order valence-electron chi connectivity index (χ4n) is 1.63. The van der Waals surface area contributed by atoms with Crippen molar-refractivity contribution in [2.45, 2.75) is 19.8 Å². The van der Waals surface area contributed by atoms with Crippen LogP contribution in [0.15, 0.2) is 35.7 Å². The number of anilines is 1. The molecule has 0 aliphatic carbocycles. The summed E-state index contributed by atoms with van der Waals surface area (Å²) in [6, 6.07) is 8.72. The van der Waals surface area contributed by atoms with E-state index in [0.29, 0.717) is 12.8 Å². The van der Waals surface area contributed by atoms with Gasteiger partial charge in [-0.05, 0) is 42.5 Å². The summed E-state index contributed by atoms with van der Waals surface area (Å²) in [5.41, 5.74) is 1.08. The number of hydrogen-bond donors (Lipinski definition) is 1. The molecule has 94 valence electrons. The first-order valence-corrected chi connectivity index (χ1v) is 6.61. The molecule has 0 radical (unpaired) electrons. The van der Waals surface area contributed by atoms with Gasteiger partial charge in [0.15, 0.2) is 0 Å². The fourth-order valence-corrected chi connectivity index (χ4v) is 2.33. The Morgan fingerprint density at radius 3 is 2.89 bits per heavy atom. The molecule has 1 N–H and O–H groups in total. The number of benzene rings is 1. The molecule has 0 saturated carbocycles. The average Bonchev–Trinajstić information content (AvgIpc) is 2.83. The van der Waals surface area contributed by atoms with Gasteiger partial charge in [0, 0.05) is 11.3 Å². The maximum atomic E-state index is 13.5. The first-order chi connectivity index (χ1) is 8.65. The summed E-state index contributed by atoms with van der Waals surface area (Å²) >= 11 is 1.62. The molecule has 0 saturated heterocycles. The molecule has 2 rings (SSSR count). The molecule has 2 aromatic rings. The Morgan fingerprint density at radius 2 is 2.22 bits per heavy atom. The van der Waals surface area contributed by atoms with E-state index in [-0.39, 0.29) is 17.4 Å². The molecule has 0 aliphatic heterocycles. The van der Waals surface area contributed by atoms with Crippen molar-refractivity contribution in [3.63, 3.8) is 0 Å². The zero-order valence-corrected chi connectivity index (χ0v) is 10.9. The molecular formula is C14H14FNOS. The number of halogens is 1. The SMILES string of the molecule is Cc1ccc(NC(=O)CCc2cccs2)c(F)c1. The Balaban J connectivity index is 1.91. The van der Waals surface area contributed by atoms with Crippen LogP contribution in [0.5, 0.6) is 0 Å². The average molecular weight is 263 g/mol. The summed E-state index contributed by atoms with van der Waals surface area (Å²) in [6.45, 7) is 1.81. The summed E-state index contributed by atoms with van der Waals surface area (Å²) in [7, 11) is 0. The molecule has 0 aliphatic rings. The van der Waals surface area contributed by atoms with Gasteiger partial charge in [0.2, 0.25) is 5.91 Å². The number of amides is 1. The predicted molar refractivity (Wildman–Crippen MR) is 72.4 cm³/mol. The van der Waals surface area contributed by atoms with E-state index in [1.807, 2.05) is 24.4 Å². The van der Waals surface area contributed by atoms with E-state index in [4.69, 9.17) is 0 Å². The van der Waals surface area contributed by atoms with Crippen LogP contribution in [-0.4, -0.2) is 5.91 Å². The van der Waals surface area contributed by atoms with E-state index in [9.17, 15) is 9.18 Å². The van der Waals surface area contributed by atoms with E-state index in [1.165, 1.54) is 6.07 Å². The number of aryl methyl sites for hydroxylation is 2. The van der Waals surface area contributed by atoms with Gasteiger partial charge in [-0.25, -0.2) is 4.39 Å². The molecule has 18 heavy (non-hydrogen) atoms. The van der Waals surface area contributed by atoms with Crippen LogP contribution in [0.25, 0.3) is 0 Å². The summed E-state index contributed by atoms with van der Waals surface area (Å²) in [4.78, 5) is 12.8. The highest BCUT2D eigenvalue weighted by molar-refractivity contribution is 7.09. The van der Waals surface area contributed by atoms with Crippen molar-refractivity contribution < 1.29 is 9.18 Å². The lowest BCUT2D eigenvalue weighted by atomic mass is 10.2. The molecule has 0 bridgehead atoms. The number of carbonyl (C=O) groups excluding carboxylic acids is 1. The summed E-state index contributed by atoms with van der Waals surface area (Å²) in [6.07, 6.45) is 1.06. The predicted octanol–water partition coefficient (Wildman–Crippen LogP) is 3.77. The first kappa shape index (κ1) is 12.8. The number of hydrogen-bond acceptors (Lipinski definition) is 2. The summed E-state index contributed by atoms with van der Waals surface area (Å²) < 4.78 is 13.5. The van der Waals surface area contributed by atoms with E-state index in [2.05, 4.69) is 5.32 Å². The number of rotatable bonds is 4. The van der Waals surface area contributed by atoms with Gasteiger partial charge in [-0.1, -0.05) is 12.1 Å². The molecular weight excluding hydrogens is 249 g/mol. The Bertz CT molecular complexity index is 537. The van der Waals surface area contributed by atoms with Crippen molar-refractivity contribution >= 4 is 22.9 Å². The number of thiophene rings is 1. The Kier molecular flexibility index (Phi) is 4.10. The van der Waals surface area contributed by atoms with E-state index >= 15 is 0 Å². The van der Waals surface area contributed by atoms with Gasteiger partial charge >= 0.3 is 0 Å². The third-order valence-corrected chi connectivity index (χ3v) is 3.51. The molecule has 0 fully saturated rings. The molecule has 0 unspecified atom stereocenters. The topological polar surface area (TPSA) is 29.1 Å². The van der Waals surface area contributed by atoms with Crippen LogP contribution >= 0.6 is 11.3 Å². The molecule has 1 aromatic carbocycles. The van der Waals surface area contributed by atoms with Gasteiger partial charge in [0.05, 0.1) is 5.69 Å². The van der Waals surface area contributed by atoms with Crippen molar-refractivity contribution in [1.82, 2.24) is 0 Å². The second-order valence-corrected chi connectivity index (χ2v) is 5.14. The highest BCUT2D eigenvalue weighted by Crippen LogP contribution is 2.16. The van der Waals surface area contributed by atoms with Crippen molar-refractivity contribution in [3.05, 3.63) is 52.0 Å². The van der Waals surface area contributed by atoms with Crippen LogP contribution < -0.4 is 5.32 Å². The minimum atomic E-state index is -0.389. The van der Waals surface area contributed by atoms with Crippen molar-refractivity contribution in [3.8, 4) is 0 Å². The molecule has 0 atom stereocenters. The normalized spacial score (nSPS) is 10.3. The lowest BCUT2D eigenvalue weighted by molar-refractivity contribution is -0.116. The van der Waals surface area contributed by atoms with E-state index in [1.54, 1.807) is 23.5 Å². The molecule has 0 spiro atoms. The van der Waals surface area contributed by atoms with Crippen molar-refractivity contribution in [1.29, 1.82) is 0 Å². The number of carbonyl (C=O) groups is 1. The standard InChI is InChI=1S/C14H14FNOS/c1-10-4-6-13(12(15)9-10)16-14(17)7-5-11-3-2-8-18-11/h2-4,6,8-9H,5,7H2,1H3,(H,16,17). The van der Waals surface area contributed by atoms with Gasteiger partial charge in [-0.15, -0.1) is 11.3 Å². The first-order valence-electron chi connectivity index (χ1n) is 5.73. The van der Waals surface area contributed by atoms with E-state index < -0.39 is 0 Å². The van der Waals surface area contributed by atoms with Crippen LogP contribution in [0.1, 0.15) is 16.9 Å². The van der Waals surface area contributed by atoms with Crippen molar-refractivity contribution in [2.75, 3.05) is 5.32 Å². The smallest absolute Gasteiger partial charge is 0.224 e. The molecule has 1 aromatic heterocycles. The van der Waals surface area contributed by atoms with E-state index in [0.717, 1.165) is 10.4 Å². The Labute approximate surface area is 109 Å². The Hall–Kier alpha value is -1.68. The lowest BCUT2D eigenvalue weighted by Crippen LogP contribution is -2.13. The van der Waals surface area contributed by atoms with Crippen LogP contribution in [0, 0.1) is 12.7 Å². The van der Waals surface area contributed by atoms with Crippen LogP contribution in [0.2, 0.25) is 0 Å². The van der Waals surface area contributed by atoms with Gasteiger partial charge < -0.3 is 5.32 Å². The third kappa shape index (κ3) is 3.40. The zero-order chi connectivity index (χ0) is 13.0. The monoisotopic (exact) mass is 263 g/mol. The number of nitrogens with one attached hydrogen (secondary N) is 1. The van der Waals surface area contributed by atoms with Gasteiger partial charge in [-0.3, -0.25) is 4.79 Å². The summed E-state index contributed by atoms with van der Waals surface area (Å²) in [5, 5.41) is 4.57.